The van der Waals surface area contributed by atoms with Crippen LogP contribution in [0.1, 0.15) is 26.7 Å². The van der Waals surface area contributed by atoms with E-state index in [-0.39, 0.29) is 5.54 Å². The molecule has 1 saturated heterocycles. The molecule has 1 rings (SSSR count). The van der Waals surface area contributed by atoms with E-state index in [0.29, 0.717) is 25.6 Å². The molecule has 108 valence electrons. The first-order valence-corrected chi connectivity index (χ1v) is 8.38. The Morgan fingerprint density at radius 3 is 2.56 bits per heavy atom. The monoisotopic (exact) mass is 277 g/mol. The number of sulfonamides is 1. The van der Waals surface area contributed by atoms with Crippen molar-refractivity contribution < 1.29 is 8.42 Å². The fraction of sp³-hybridized carbons (Fsp3) is 1.00. The summed E-state index contributed by atoms with van der Waals surface area (Å²) in [5, 5.41) is 0. The maximum Gasteiger partial charge on any atom is 0.211 e. The van der Waals surface area contributed by atoms with Gasteiger partial charge in [-0.15, -0.1) is 0 Å². The molecule has 1 atom stereocenters. The third-order valence-electron chi connectivity index (χ3n) is 4.02. The first-order valence-electron chi connectivity index (χ1n) is 6.53. The van der Waals surface area contributed by atoms with Crippen LogP contribution in [0.2, 0.25) is 0 Å². The number of nitrogens with two attached hydrogens (primary N) is 1. The van der Waals surface area contributed by atoms with Crippen LogP contribution in [0.4, 0.5) is 0 Å². The van der Waals surface area contributed by atoms with Gasteiger partial charge >= 0.3 is 0 Å². The molecule has 0 spiro atoms. The number of hydrogen-bond donors (Lipinski definition) is 1. The Labute approximate surface area is 111 Å². The lowest BCUT2D eigenvalue weighted by Crippen LogP contribution is -2.51. The molecular formula is C12H27N3O2S. The maximum absolute atomic E-state index is 11.6. The summed E-state index contributed by atoms with van der Waals surface area (Å²) < 4.78 is 24.7. The zero-order chi connectivity index (χ0) is 14.0. The van der Waals surface area contributed by atoms with Crippen LogP contribution in [0.25, 0.3) is 0 Å². The van der Waals surface area contributed by atoms with E-state index in [0.717, 1.165) is 19.4 Å². The largest absolute Gasteiger partial charge is 0.329 e. The van der Waals surface area contributed by atoms with Gasteiger partial charge in [-0.05, 0) is 39.7 Å². The number of piperidine rings is 1. The summed E-state index contributed by atoms with van der Waals surface area (Å²) in [7, 11) is -0.984. The van der Waals surface area contributed by atoms with E-state index in [1.165, 1.54) is 6.26 Å². The molecule has 0 aromatic rings. The van der Waals surface area contributed by atoms with Crippen LogP contribution >= 0.6 is 0 Å². The lowest BCUT2D eigenvalue weighted by atomic mass is 9.96. The molecule has 0 aliphatic carbocycles. The summed E-state index contributed by atoms with van der Waals surface area (Å²) in [4.78, 5) is 2.24. The fourth-order valence-electron chi connectivity index (χ4n) is 2.27. The Kier molecular flexibility index (Phi) is 5.17. The van der Waals surface area contributed by atoms with Gasteiger partial charge in [-0.1, -0.05) is 0 Å². The molecule has 5 nitrogen and oxygen atoms in total. The molecule has 1 heterocycles. The zero-order valence-corrected chi connectivity index (χ0v) is 12.8. The molecule has 1 fully saturated rings. The minimum absolute atomic E-state index is 0.0344. The molecule has 0 amide bonds. The van der Waals surface area contributed by atoms with Crippen molar-refractivity contribution >= 4 is 10.0 Å². The summed E-state index contributed by atoms with van der Waals surface area (Å²) in [5.74, 6) is 0.407. The van der Waals surface area contributed by atoms with Crippen LogP contribution in [0.5, 0.6) is 0 Å². The van der Waals surface area contributed by atoms with E-state index in [4.69, 9.17) is 5.73 Å². The van der Waals surface area contributed by atoms with Crippen molar-refractivity contribution in [3.05, 3.63) is 0 Å². The van der Waals surface area contributed by atoms with Gasteiger partial charge in [0.1, 0.15) is 0 Å². The average molecular weight is 277 g/mol. The third kappa shape index (κ3) is 4.19. The average Bonchev–Trinajstić information content (AvgIpc) is 2.28. The molecule has 0 aromatic heterocycles. The van der Waals surface area contributed by atoms with Crippen LogP contribution in [-0.4, -0.2) is 62.6 Å². The zero-order valence-electron chi connectivity index (χ0n) is 12.0. The predicted molar refractivity (Wildman–Crippen MR) is 74.9 cm³/mol. The maximum atomic E-state index is 11.6. The van der Waals surface area contributed by atoms with Crippen molar-refractivity contribution in [3.63, 3.8) is 0 Å². The highest BCUT2D eigenvalue weighted by molar-refractivity contribution is 7.88. The van der Waals surface area contributed by atoms with Crippen molar-refractivity contribution in [2.45, 2.75) is 32.2 Å². The van der Waals surface area contributed by atoms with Crippen molar-refractivity contribution in [2.75, 3.05) is 39.5 Å². The van der Waals surface area contributed by atoms with Gasteiger partial charge in [0.15, 0.2) is 0 Å². The highest BCUT2D eigenvalue weighted by Crippen LogP contribution is 2.21. The highest BCUT2D eigenvalue weighted by Gasteiger charge is 2.29. The Morgan fingerprint density at radius 1 is 1.44 bits per heavy atom. The Morgan fingerprint density at radius 2 is 2.06 bits per heavy atom. The second-order valence-corrected chi connectivity index (χ2v) is 8.01. The van der Waals surface area contributed by atoms with Crippen LogP contribution < -0.4 is 5.73 Å². The smallest absolute Gasteiger partial charge is 0.211 e. The second kappa shape index (κ2) is 5.86. The standard InChI is InChI=1S/C12H27N3O2S/c1-12(2,10-13)14(3)8-11-6-5-7-15(9-11)18(4,16)17/h11H,5-10,13H2,1-4H3. The van der Waals surface area contributed by atoms with Gasteiger partial charge in [0, 0.05) is 31.7 Å². The molecule has 0 bridgehead atoms. The van der Waals surface area contributed by atoms with Gasteiger partial charge in [-0.3, -0.25) is 4.90 Å². The molecule has 2 N–H and O–H groups in total. The summed E-state index contributed by atoms with van der Waals surface area (Å²) in [6.45, 7) is 7.04. The van der Waals surface area contributed by atoms with E-state index in [1.807, 2.05) is 0 Å². The third-order valence-corrected chi connectivity index (χ3v) is 5.29. The summed E-state index contributed by atoms with van der Waals surface area (Å²) in [6, 6.07) is 0. The Bertz CT molecular complexity index is 368. The quantitative estimate of drug-likeness (QED) is 0.786. The molecule has 1 aliphatic rings. The van der Waals surface area contributed by atoms with Crippen LogP contribution in [0, 0.1) is 5.92 Å². The summed E-state index contributed by atoms with van der Waals surface area (Å²) in [6.07, 6.45) is 3.34. The van der Waals surface area contributed by atoms with Crippen LogP contribution in [0.3, 0.4) is 0 Å². The van der Waals surface area contributed by atoms with Gasteiger partial charge in [-0.2, -0.15) is 0 Å². The first kappa shape index (κ1) is 15.9. The molecule has 6 heteroatoms. The molecule has 0 aromatic carbocycles. The highest BCUT2D eigenvalue weighted by atomic mass is 32.2. The fourth-order valence-corrected chi connectivity index (χ4v) is 3.21. The lowest BCUT2D eigenvalue weighted by Gasteiger charge is -2.39. The van der Waals surface area contributed by atoms with Gasteiger partial charge in [-0.25, -0.2) is 12.7 Å². The molecule has 1 unspecified atom stereocenters. The van der Waals surface area contributed by atoms with Crippen molar-refractivity contribution in [1.29, 1.82) is 0 Å². The molecular weight excluding hydrogens is 250 g/mol. The second-order valence-electron chi connectivity index (χ2n) is 6.03. The van der Waals surface area contributed by atoms with E-state index < -0.39 is 10.0 Å². The molecule has 0 saturated carbocycles. The van der Waals surface area contributed by atoms with E-state index in [1.54, 1.807) is 4.31 Å². The lowest BCUT2D eigenvalue weighted by molar-refractivity contribution is 0.117. The molecule has 18 heavy (non-hydrogen) atoms. The predicted octanol–water partition coefficient (Wildman–Crippen LogP) is 0.327. The minimum atomic E-state index is -3.05. The van der Waals surface area contributed by atoms with Crippen LogP contribution in [-0.2, 0) is 10.0 Å². The van der Waals surface area contributed by atoms with Gasteiger partial charge in [0.2, 0.25) is 10.0 Å². The van der Waals surface area contributed by atoms with E-state index in [9.17, 15) is 8.42 Å². The van der Waals surface area contributed by atoms with Crippen molar-refractivity contribution in [2.24, 2.45) is 11.7 Å². The van der Waals surface area contributed by atoms with Gasteiger partial charge in [0.05, 0.1) is 6.26 Å². The normalized spacial score (nSPS) is 23.6. The molecule has 1 aliphatic heterocycles. The van der Waals surface area contributed by atoms with E-state index >= 15 is 0 Å². The van der Waals surface area contributed by atoms with Gasteiger partial charge in [0.25, 0.3) is 0 Å². The van der Waals surface area contributed by atoms with Crippen molar-refractivity contribution in [1.82, 2.24) is 9.21 Å². The topological polar surface area (TPSA) is 66.6 Å². The summed E-state index contributed by atoms with van der Waals surface area (Å²) >= 11 is 0. The number of nitrogens with zero attached hydrogens (tertiary/aromatic N) is 2. The molecule has 0 radical (unpaired) electrons. The number of hydrogen-bond acceptors (Lipinski definition) is 4. The Balaban J connectivity index is 2.58. The van der Waals surface area contributed by atoms with Gasteiger partial charge < -0.3 is 5.73 Å². The van der Waals surface area contributed by atoms with E-state index in [2.05, 4.69) is 25.8 Å². The number of likely N-dealkylation sites (N-methyl/N-ethyl adjacent to an activating group) is 1. The first-order chi connectivity index (χ1) is 8.16. The Hall–Kier alpha value is -0.170. The minimum Gasteiger partial charge on any atom is -0.329 e. The van der Waals surface area contributed by atoms with Crippen molar-refractivity contribution in [3.8, 4) is 0 Å². The van der Waals surface area contributed by atoms with Crippen LogP contribution in [0.15, 0.2) is 0 Å². The summed E-state index contributed by atoms with van der Waals surface area (Å²) in [5.41, 5.74) is 5.73. The number of rotatable bonds is 5. The SMILES string of the molecule is CN(CC1CCCN(S(C)(=O)=O)C1)C(C)(C)CN.